The molecule has 0 unspecified atom stereocenters. The van der Waals surface area contributed by atoms with Gasteiger partial charge < -0.3 is 19.6 Å². The van der Waals surface area contributed by atoms with Gasteiger partial charge in [-0.3, -0.25) is 0 Å². The summed E-state index contributed by atoms with van der Waals surface area (Å²) in [6.07, 6.45) is 1.45. The molecule has 0 aliphatic carbocycles. The lowest BCUT2D eigenvalue weighted by Gasteiger charge is -2.05. The number of anilines is 1. The Morgan fingerprint density at radius 1 is 1.19 bits per heavy atom. The molecule has 0 spiro atoms. The molecule has 10 nitrogen and oxygen atoms in total. The minimum atomic E-state index is -0.567. The van der Waals surface area contributed by atoms with Gasteiger partial charge in [0.05, 0.1) is 13.3 Å². The maximum atomic E-state index is 11.6. The van der Waals surface area contributed by atoms with Crippen molar-refractivity contribution in [3.05, 3.63) is 48.0 Å². The second-order valence-corrected chi connectivity index (χ2v) is 5.51. The monoisotopic (exact) mass is 366 g/mol. The second kappa shape index (κ2) is 6.41. The van der Waals surface area contributed by atoms with Crippen LogP contribution in [0.15, 0.2) is 40.9 Å². The number of nitrogen functional groups attached to an aromatic ring is 1. The third-order valence-electron chi connectivity index (χ3n) is 3.65. The molecule has 0 atom stereocenters. The van der Waals surface area contributed by atoms with Gasteiger partial charge in [0, 0.05) is 6.07 Å². The normalized spacial score (nSPS) is 10.9. The molecule has 0 radical (unpaired) electrons. The van der Waals surface area contributed by atoms with Gasteiger partial charge in [-0.25, -0.2) is 9.78 Å². The van der Waals surface area contributed by atoms with E-state index in [4.69, 9.17) is 14.9 Å². The predicted molar refractivity (Wildman–Crippen MR) is 93.3 cm³/mol. The first-order valence-corrected chi connectivity index (χ1v) is 7.86. The van der Waals surface area contributed by atoms with Crippen molar-refractivity contribution in [3.8, 4) is 23.2 Å². The number of carbonyl (C=O) groups excluding carboxylic acids is 1. The van der Waals surface area contributed by atoms with Gasteiger partial charge in [0.1, 0.15) is 5.76 Å². The summed E-state index contributed by atoms with van der Waals surface area (Å²) in [5, 5.41) is 4.25. The fourth-order valence-electron chi connectivity index (χ4n) is 2.46. The van der Waals surface area contributed by atoms with Crippen LogP contribution in [0.5, 0.6) is 11.6 Å². The fraction of sp³-hybridized carbons (Fsp3) is 0.118. The van der Waals surface area contributed by atoms with E-state index in [0.717, 1.165) is 5.76 Å². The predicted octanol–water partition coefficient (Wildman–Crippen LogP) is 2.25. The molecule has 4 aromatic rings. The van der Waals surface area contributed by atoms with Crippen molar-refractivity contribution in [1.29, 1.82) is 0 Å². The van der Waals surface area contributed by atoms with Crippen molar-refractivity contribution in [2.24, 2.45) is 0 Å². The second-order valence-electron chi connectivity index (χ2n) is 5.51. The first-order chi connectivity index (χ1) is 13.0. The molecule has 0 saturated carbocycles. The molecule has 4 aromatic heterocycles. The summed E-state index contributed by atoms with van der Waals surface area (Å²) in [5.41, 5.74) is 6.28. The number of nitrogens with two attached hydrogens (primary N) is 1. The Bertz CT molecular complexity index is 1150. The van der Waals surface area contributed by atoms with Crippen LogP contribution in [0.2, 0.25) is 0 Å². The molecule has 136 valence electrons. The van der Waals surface area contributed by atoms with Crippen LogP contribution in [0.3, 0.4) is 0 Å². The van der Waals surface area contributed by atoms with Gasteiger partial charge in [-0.15, -0.1) is 0 Å². The van der Waals surface area contributed by atoms with Gasteiger partial charge in [-0.05, 0) is 25.1 Å². The number of aromatic nitrogens is 5. The summed E-state index contributed by atoms with van der Waals surface area (Å²) in [5.74, 6) is 1.55. The number of carbonyl (C=O) groups is 1. The Morgan fingerprint density at radius 3 is 2.78 bits per heavy atom. The van der Waals surface area contributed by atoms with Crippen LogP contribution in [-0.2, 0) is 4.74 Å². The molecule has 0 bridgehead atoms. The van der Waals surface area contributed by atoms with Crippen molar-refractivity contribution in [2.45, 2.75) is 6.92 Å². The van der Waals surface area contributed by atoms with E-state index in [1.807, 2.05) is 13.0 Å². The van der Waals surface area contributed by atoms with Crippen LogP contribution < -0.4 is 10.5 Å². The number of methoxy groups -OCH3 is 1. The Balaban J connectivity index is 1.76. The van der Waals surface area contributed by atoms with Crippen molar-refractivity contribution in [3.63, 3.8) is 0 Å². The highest BCUT2D eigenvalue weighted by molar-refractivity contribution is 5.87. The van der Waals surface area contributed by atoms with Crippen molar-refractivity contribution in [2.75, 3.05) is 12.8 Å². The van der Waals surface area contributed by atoms with Crippen LogP contribution in [0.1, 0.15) is 16.2 Å². The Hall–Kier alpha value is -3.95. The first-order valence-electron chi connectivity index (χ1n) is 7.86. The Kier molecular flexibility index (Phi) is 3.92. The molecule has 0 aliphatic heterocycles. The van der Waals surface area contributed by atoms with E-state index < -0.39 is 5.97 Å². The van der Waals surface area contributed by atoms with E-state index in [1.54, 1.807) is 18.2 Å². The average Bonchev–Trinajstić information content (AvgIpc) is 3.27. The molecule has 4 rings (SSSR count). The summed E-state index contributed by atoms with van der Waals surface area (Å²) < 4.78 is 17.5. The lowest BCUT2D eigenvalue weighted by atomic mass is 10.3. The number of rotatable bonds is 4. The molecule has 4 heterocycles. The summed E-state index contributed by atoms with van der Waals surface area (Å²) in [7, 11) is 1.28. The molecule has 10 heteroatoms. The number of fused-ring (bicyclic) bond motifs is 1. The molecule has 0 aliphatic rings. The van der Waals surface area contributed by atoms with E-state index in [1.165, 1.54) is 23.9 Å². The van der Waals surface area contributed by atoms with E-state index in [-0.39, 0.29) is 17.5 Å². The molecule has 27 heavy (non-hydrogen) atoms. The zero-order valence-electron chi connectivity index (χ0n) is 14.4. The number of nitrogens with zero attached hydrogens (tertiary/aromatic N) is 5. The summed E-state index contributed by atoms with van der Waals surface area (Å²) >= 11 is 0. The molecule has 2 N–H and O–H groups in total. The first kappa shape index (κ1) is 16.5. The number of pyridine rings is 1. The summed E-state index contributed by atoms with van der Waals surface area (Å²) in [6.45, 7) is 1.82. The largest absolute Gasteiger partial charge is 0.464 e. The topological polar surface area (TPSA) is 131 Å². The summed E-state index contributed by atoms with van der Waals surface area (Å²) in [6, 6.07) is 8.31. The minimum absolute atomic E-state index is 0.0353. The lowest BCUT2D eigenvalue weighted by Crippen LogP contribution is -2.05. The van der Waals surface area contributed by atoms with Crippen LogP contribution >= 0.6 is 0 Å². The molecule has 0 amide bonds. The van der Waals surface area contributed by atoms with Gasteiger partial charge >= 0.3 is 5.97 Å². The third-order valence-corrected chi connectivity index (χ3v) is 3.65. The average molecular weight is 366 g/mol. The number of hydrogen-bond acceptors (Lipinski definition) is 9. The van der Waals surface area contributed by atoms with E-state index in [9.17, 15) is 4.79 Å². The zero-order valence-corrected chi connectivity index (χ0v) is 14.4. The maximum absolute atomic E-state index is 11.6. The van der Waals surface area contributed by atoms with Crippen molar-refractivity contribution in [1.82, 2.24) is 24.6 Å². The van der Waals surface area contributed by atoms with Gasteiger partial charge in [0.15, 0.2) is 17.2 Å². The van der Waals surface area contributed by atoms with Crippen molar-refractivity contribution < 1.29 is 18.7 Å². The standard InChI is InChI=1S/C17H14N6O4/c1-9-6-7-11(26-9)14-21-17(18)22-15-12(8-19-23(14)15)27-13-5-3-4-10(20-13)16(24)25-2/h3-8H,1-2H3,(H2,18,22). The molecular formula is C17H14N6O4. The van der Waals surface area contributed by atoms with E-state index in [2.05, 4.69) is 24.8 Å². The van der Waals surface area contributed by atoms with Gasteiger partial charge in [0.2, 0.25) is 23.3 Å². The third kappa shape index (κ3) is 3.03. The van der Waals surface area contributed by atoms with Crippen LogP contribution in [0.4, 0.5) is 5.95 Å². The van der Waals surface area contributed by atoms with Crippen LogP contribution in [-0.4, -0.2) is 37.6 Å². The number of ether oxygens (including phenoxy) is 2. The Morgan fingerprint density at radius 2 is 2.04 bits per heavy atom. The summed E-state index contributed by atoms with van der Waals surface area (Å²) in [4.78, 5) is 24.1. The number of aryl methyl sites for hydroxylation is 1. The van der Waals surface area contributed by atoms with Gasteiger partial charge in [-0.2, -0.15) is 19.6 Å². The maximum Gasteiger partial charge on any atom is 0.356 e. The number of hydrogen-bond donors (Lipinski definition) is 1. The van der Waals surface area contributed by atoms with Crippen LogP contribution in [0, 0.1) is 6.92 Å². The molecule has 0 saturated heterocycles. The van der Waals surface area contributed by atoms with Crippen LogP contribution in [0.25, 0.3) is 17.2 Å². The fourth-order valence-corrected chi connectivity index (χ4v) is 2.46. The molecule has 0 fully saturated rings. The highest BCUT2D eigenvalue weighted by atomic mass is 16.5. The minimum Gasteiger partial charge on any atom is -0.464 e. The SMILES string of the molecule is COC(=O)c1cccc(Oc2cnn3c(-c4ccc(C)o4)nc(N)nc23)n1. The van der Waals surface area contributed by atoms with E-state index in [0.29, 0.717) is 23.0 Å². The molecular weight excluding hydrogens is 352 g/mol. The zero-order chi connectivity index (χ0) is 19.0. The van der Waals surface area contributed by atoms with E-state index >= 15 is 0 Å². The lowest BCUT2D eigenvalue weighted by molar-refractivity contribution is 0.0593. The quantitative estimate of drug-likeness (QED) is 0.540. The number of furan rings is 1. The smallest absolute Gasteiger partial charge is 0.356 e. The number of esters is 1. The Labute approximate surface area is 152 Å². The molecule has 0 aromatic carbocycles. The van der Waals surface area contributed by atoms with Gasteiger partial charge in [-0.1, -0.05) is 6.07 Å². The highest BCUT2D eigenvalue weighted by Crippen LogP contribution is 2.28. The highest BCUT2D eigenvalue weighted by Gasteiger charge is 2.18. The van der Waals surface area contributed by atoms with Crippen molar-refractivity contribution >= 4 is 17.6 Å². The van der Waals surface area contributed by atoms with Gasteiger partial charge in [0.25, 0.3) is 0 Å².